The molecule has 0 aliphatic carbocycles. The van der Waals surface area contributed by atoms with Crippen LogP contribution in [-0.2, 0) is 0 Å². The van der Waals surface area contributed by atoms with Gasteiger partial charge < -0.3 is 9.64 Å². The summed E-state index contributed by atoms with van der Waals surface area (Å²) < 4.78 is 6.54. The van der Waals surface area contributed by atoms with Crippen LogP contribution in [0.25, 0.3) is 16.5 Å². The van der Waals surface area contributed by atoms with Gasteiger partial charge in [0.15, 0.2) is 5.69 Å². The maximum atomic E-state index is 13.5. The number of carbonyl (C=O) groups is 1. The Morgan fingerprint density at radius 2 is 1.66 bits per heavy atom. The Morgan fingerprint density at radius 1 is 0.969 bits per heavy atom. The number of fused-ring (bicyclic) bond motifs is 1. The van der Waals surface area contributed by atoms with Gasteiger partial charge >= 0.3 is 0 Å². The standard InChI is InChI=1S/C26H25N3O3/c1-17(2)18-12-14-19(15-13-18)28(3)26(31)24-22-10-5-6-11-23(22)25(30)29(27-24)20-8-7-9-21(16-20)32-4/h5-17H,1-4H3. The highest BCUT2D eigenvalue weighted by Crippen LogP contribution is 2.23. The molecule has 0 spiro atoms. The molecule has 0 fully saturated rings. The second-order valence-corrected chi connectivity index (χ2v) is 7.92. The molecule has 0 unspecified atom stereocenters. The summed E-state index contributed by atoms with van der Waals surface area (Å²) in [7, 11) is 3.27. The van der Waals surface area contributed by atoms with Gasteiger partial charge in [-0.25, -0.2) is 0 Å². The molecule has 0 aliphatic rings. The molecule has 1 heterocycles. The highest BCUT2D eigenvalue weighted by atomic mass is 16.5. The van der Waals surface area contributed by atoms with Crippen molar-refractivity contribution >= 4 is 22.4 Å². The minimum absolute atomic E-state index is 0.207. The van der Waals surface area contributed by atoms with E-state index in [0.29, 0.717) is 28.1 Å². The quantitative estimate of drug-likeness (QED) is 0.459. The van der Waals surface area contributed by atoms with E-state index >= 15 is 0 Å². The molecule has 6 nitrogen and oxygen atoms in total. The lowest BCUT2D eigenvalue weighted by molar-refractivity contribution is 0.0988. The first-order valence-corrected chi connectivity index (χ1v) is 10.4. The average Bonchev–Trinajstić information content (AvgIpc) is 2.83. The molecule has 0 bridgehead atoms. The molecule has 0 atom stereocenters. The van der Waals surface area contributed by atoms with Crippen LogP contribution >= 0.6 is 0 Å². The average molecular weight is 428 g/mol. The van der Waals surface area contributed by atoms with Gasteiger partial charge in [-0.3, -0.25) is 9.59 Å². The van der Waals surface area contributed by atoms with Crippen molar-refractivity contribution in [3.05, 3.63) is 94.4 Å². The lowest BCUT2D eigenvalue weighted by Crippen LogP contribution is -2.31. The Labute approximate surface area is 186 Å². The predicted molar refractivity (Wildman–Crippen MR) is 127 cm³/mol. The number of methoxy groups -OCH3 is 1. The van der Waals surface area contributed by atoms with Crippen molar-refractivity contribution in [3.8, 4) is 11.4 Å². The Bertz CT molecular complexity index is 1340. The van der Waals surface area contributed by atoms with E-state index in [1.54, 1.807) is 67.6 Å². The van der Waals surface area contributed by atoms with Crippen molar-refractivity contribution in [2.45, 2.75) is 19.8 Å². The molecule has 162 valence electrons. The first-order valence-electron chi connectivity index (χ1n) is 10.4. The van der Waals surface area contributed by atoms with Crippen LogP contribution in [0.3, 0.4) is 0 Å². The zero-order valence-electron chi connectivity index (χ0n) is 18.6. The van der Waals surface area contributed by atoms with Gasteiger partial charge in [-0.1, -0.05) is 50.2 Å². The summed E-state index contributed by atoms with van der Waals surface area (Å²) in [5.41, 5.74) is 2.39. The van der Waals surface area contributed by atoms with Crippen molar-refractivity contribution in [3.63, 3.8) is 0 Å². The summed E-state index contributed by atoms with van der Waals surface area (Å²) in [5, 5.41) is 5.44. The number of anilines is 1. The fourth-order valence-corrected chi connectivity index (χ4v) is 3.62. The van der Waals surface area contributed by atoms with Crippen molar-refractivity contribution in [1.29, 1.82) is 0 Å². The molecule has 4 aromatic rings. The van der Waals surface area contributed by atoms with Crippen LogP contribution in [0, 0.1) is 0 Å². The van der Waals surface area contributed by atoms with E-state index in [2.05, 4.69) is 18.9 Å². The fraction of sp³-hybridized carbons (Fsp3) is 0.192. The van der Waals surface area contributed by atoms with Crippen LogP contribution in [0.5, 0.6) is 5.75 Å². The van der Waals surface area contributed by atoms with Crippen LogP contribution in [0.15, 0.2) is 77.6 Å². The number of nitrogens with zero attached hydrogens (tertiary/aromatic N) is 3. The Balaban J connectivity index is 1.85. The Kier molecular flexibility index (Phi) is 5.77. The highest BCUT2D eigenvalue weighted by Gasteiger charge is 2.21. The van der Waals surface area contributed by atoms with Crippen molar-refractivity contribution < 1.29 is 9.53 Å². The Hall–Kier alpha value is -3.93. The molecule has 0 radical (unpaired) electrons. The van der Waals surface area contributed by atoms with Gasteiger partial charge in [0, 0.05) is 24.2 Å². The molecule has 32 heavy (non-hydrogen) atoms. The van der Waals surface area contributed by atoms with Gasteiger partial charge in [0.25, 0.3) is 11.5 Å². The summed E-state index contributed by atoms with van der Waals surface area (Å²) in [5.74, 6) is 0.705. The van der Waals surface area contributed by atoms with Gasteiger partial charge in [-0.15, -0.1) is 0 Å². The van der Waals surface area contributed by atoms with Gasteiger partial charge in [0.2, 0.25) is 0 Å². The molecule has 0 aliphatic heterocycles. The molecule has 0 N–H and O–H groups in total. The van der Waals surface area contributed by atoms with Crippen LogP contribution in [0.1, 0.15) is 35.8 Å². The van der Waals surface area contributed by atoms with E-state index in [-0.39, 0.29) is 17.2 Å². The second-order valence-electron chi connectivity index (χ2n) is 7.92. The number of amides is 1. The molecule has 1 amide bonds. The van der Waals surface area contributed by atoms with Crippen molar-refractivity contribution in [1.82, 2.24) is 9.78 Å². The van der Waals surface area contributed by atoms with Crippen LogP contribution in [0.2, 0.25) is 0 Å². The van der Waals surface area contributed by atoms with Gasteiger partial charge in [0.1, 0.15) is 5.75 Å². The van der Waals surface area contributed by atoms with Crippen molar-refractivity contribution in [2.75, 3.05) is 19.1 Å². The number of ether oxygens (including phenoxy) is 1. The lowest BCUT2D eigenvalue weighted by atomic mass is 10.0. The van der Waals surface area contributed by atoms with E-state index in [9.17, 15) is 9.59 Å². The maximum Gasteiger partial charge on any atom is 0.279 e. The van der Waals surface area contributed by atoms with Crippen molar-refractivity contribution in [2.24, 2.45) is 0 Å². The highest BCUT2D eigenvalue weighted by molar-refractivity contribution is 6.12. The third-order valence-electron chi connectivity index (χ3n) is 5.56. The number of aromatic nitrogens is 2. The molecule has 6 heteroatoms. The predicted octanol–water partition coefficient (Wildman–Crippen LogP) is 4.79. The topological polar surface area (TPSA) is 64.4 Å². The lowest BCUT2D eigenvalue weighted by Gasteiger charge is -2.19. The summed E-state index contributed by atoms with van der Waals surface area (Å²) in [6.45, 7) is 4.25. The SMILES string of the molecule is COc1cccc(-n2nc(C(=O)N(C)c3ccc(C(C)C)cc3)c3ccccc3c2=O)c1. The second kappa shape index (κ2) is 8.67. The fourth-order valence-electron chi connectivity index (χ4n) is 3.62. The van der Waals surface area contributed by atoms with Crippen LogP contribution < -0.4 is 15.2 Å². The first-order chi connectivity index (χ1) is 15.4. The number of carbonyl (C=O) groups excluding carboxylic acids is 1. The van der Waals surface area contributed by atoms with E-state index in [0.717, 1.165) is 5.69 Å². The zero-order valence-corrected chi connectivity index (χ0v) is 18.6. The third kappa shape index (κ3) is 3.87. The number of rotatable bonds is 5. The Morgan fingerprint density at radius 3 is 2.31 bits per heavy atom. The third-order valence-corrected chi connectivity index (χ3v) is 5.56. The van der Waals surface area contributed by atoms with Gasteiger partial charge in [0.05, 0.1) is 18.2 Å². The minimum atomic E-state index is -0.297. The van der Waals surface area contributed by atoms with E-state index in [1.165, 1.54) is 10.2 Å². The van der Waals surface area contributed by atoms with Gasteiger partial charge in [-0.2, -0.15) is 9.78 Å². The molecule has 4 rings (SSSR count). The van der Waals surface area contributed by atoms with E-state index in [4.69, 9.17) is 4.74 Å². The molecule has 3 aromatic carbocycles. The number of hydrogen-bond acceptors (Lipinski definition) is 4. The molecule has 1 aromatic heterocycles. The minimum Gasteiger partial charge on any atom is -0.497 e. The first kappa shape index (κ1) is 21.3. The maximum absolute atomic E-state index is 13.5. The molecular formula is C26H25N3O3. The molecule has 0 saturated carbocycles. The smallest absolute Gasteiger partial charge is 0.279 e. The van der Waals surface area contributed by atoms with Gasteiger partial charge in [-0.05, 0) is 41.8 Å². The molecule has 0 saturated heterocycles. The molecular weight excluding hydrogens is 402 g/mol. The summed E-state index contributed by atoms with van der Waals surface area (Å²) in [4.78, 5) is 28.3. The van der Waals surface area contributed by atoms with Crippen LogP contribution in [-0.4, -0.2) is 29.8 Å². The summed E-state index contributed by atoms with van der Waals surface area (Å²) >= 11 is 0. The van der Waals surface area contributed by atoms with E-state index < -0.39 is 0 Å². The summed E-state index contributed by atoms with van der Waals surface area (Å²) in [6.07, 6.45) is 0. The monoisotopic (exact) mass is 427 g/mol. The number of benzene rings is 3. The normalized spacial score (nSPS) is 11.0. The van der Waals surface area contributed by atoms with E-state index in [1.807, 2.05) is 24.3 Å². The number of hydrogen-bond donors (Lipinski definition) is 0. The summed E-state index contributed by atoms with van der Waals surface area (Å²) in [6, 6.07) is 22.0. The zero-order chi connectivity index (χ0) is 22.8. The largest absolute Gasteiger partial charge is 0.497 e. The van der Waals surface area contributed by atoms with Crippen LogP contribution in [0.4, 0.5) is 5.69 Å².